The first-order valence-corrected chi connectivity index (χ1v) is 12.2. The number of fused-ring (bicyclic) bond motifs is 1. The van der Waals surface area contributed by atoms with Crippen molar-refractivity contribution in [2.24, 2.45) is 5.92 Å². The molecule has 2 aliphatic heterocycles. The molecule has 1 amide bonds. The maximum Gasteiger partial charge on any atom is 0.309 e. The third-order valence-corrected chi connectivity index (χ3v) is 7.62. The van der Waals surface area contributed by atoms with Gasteiger partial charge in [-0.15, -0.1) is 0 Å². The fraction of sp³-hybridized carbons (Fsp3) is 0.619. The molecule has 170 valence electrons. The number of benzene rings is 1. The van der Waals surface area contributed by atoms with Crippen LogP contribution in [0, 0.1) is 5.92 Å². The van der Waals surface area contributed by atoms with Crippen molar-refractivity contribution in [3.63, 3.8) is 0 Å². The molecule has 1 aromatic rings. The van der Waals surface area contributed by atoms with E-state index in [-0.39, 0.29) is 29.9 Å². The predicted molar refractivity (Wildman–Crippen MR) is 110 cm³/mol. The molecule has 0 spiro atoms. The van der Waals surface area contributed by atoms with Crippen LogP contribution in [0.3, 0.4) is 0 Å². The number of nitrogens with zero attached hydrogens (tertiary/aromatic N) is 1. The minimum absolute atomic E-state index is 0.142. The number of hydrogen-bond donors (Lipinski definition) is 1. The summed E-state index contributed by atoms with van der Waals surface area (Å²) in [5.41, 5.74) is 0. The number of rotatable bonds is 6. The highest BCUT2D eigenvalue weighted by Crippen LogP contribution is 2.34. The highest BCUT2D eigenvalue weighted by Gasteiger charge is 2.35. The molecule has 9 nitrogen and oxygen atoms in total. The Kier molecular flexibility index (Phi) is 6.38. The van der Waals surface area contributed by atoms with Crippen LogP contribution < -0.4 is 14.8 Å². The summed E-state index contributed by atoms with van der Waals surface area (Å²) < 4.78 is 44.0. The van der Waals surface area contributed by atoms with E-state index < -0.39 is 28.0 Å². The number of ether oxygens (including phenoxy) is 3. The van der Waals surface area contributed by atoms with Crippen LogP contribution in [0.15, 0.2) is 23.1 Å². The van der Waals surface area contributed by atoms with Crippen molar-refractivity contribution < 1.29 is 32.2 Å². The third kappa shape index (κ3) is 5.12. The molecule has 0 bridgehead atoms. The van der Waals surface area contributed by atoms with E-state index in [4.69, 9.17) is 14.2 Å². The normalized spacial score (nSPS) is 21.1. The molecule has 1 N–H and O–H groups in total. The molecule has 2 fully saturated rings. The SMILES string of the molecule is CC(OC(=O)C1CCN(S(=O)(=O)c2ccc3c(c2)OCCCO3)CC1)C(=O)NC1CC1. The van der Waals surface area contributed by atoms with Crippen molar-refractivity contribution in [3.05, 3.63) is 18.2 Å². The Morgan fingerprint density at radius 2 is 1.77 bits per heavy atom. The molecular formula is C21H28N2O7S. The molecule has 1 saturated heterocycles. The first-order valence-electron chi connectivity index (χ1n) is 10.8. The minimum Gasteiger partial charge on any atom is -0.490 e. The van der Waals surface area contributed by atoms with Gasteiger partial charge in [0.05, 0.1) is 24.0 Å². The molecule has 31 heavy (non-hydrogen) atoms. The summed E-state index contributed by atoms with van der Waals surface area (Å²) >= 11 is 0. The van der Waals surface area contributed by atoms with E-state index in [0.717, 1.165) is 19.3 Å². The first-order chi connectivity index (χ1) is 14.8. The Bertz CT molecular complexity index is 937. The quantitative estimate of drug-likeness (QED) is 0.651. The van der Waals surface area contributed by atoms with E-state index in [2.05, 4.69) is 5.32 Å². The Morgan fingerprint density at radius 3 is 2.45 bits per heavy atom. The van der Waals surface area contributed by atoms with Gasteiger partial charge in [-0.25, -0.2) is 8.42 Å². The van der Waals surface area contributed by atoms with Gasteiger partial charge in [0.15, 0.2) is 17.6 Å². The van der Waals surface area contributed by atoms with Crippen molar-refractivity contribution in [2.75, 3.05) is 26.3 Å². The predicted octanol–water partition coefficient (Wildman–Crippen LogP) is 1.46. The summed E-state index contributed by atoms with van der Waals surface area (Å²) in [7, 11) is -3.72. The second-order valence-electron chi connectivity index (χ2n) is 8.20. The monoisotopic (exact) mass is 452 g/mol. The average Bonchev–Trinajstić information content (AvgIpc) is 3.60. The van der Waals surface area contributed by atoms with Crippen molar-refractivity contribution in [1.29, 1.82) is 0 Å². The highest BCUT2D eigenvalue weighted by molar-refractivity contribution is 7.89. The van der Waals surface area contributed by atoms with Crippen molar-refractivity contribution in [1.82, 2.24) is 9.62 Å². The van der Waals surface area contributed by atoms with E-state index in [1.54, 1.807) is 13.0 Å². The lowest BCUT2D eigenvalue weighted by Crippen LogP contribution is -2.42. The standard InChI is InChI=1S/C21H28N2O7S/c1-14(20(24)22-16-3-4-16)30-21(25)15-7-9-23(10-8-15)31(26,27)17-5-6-18-19(13-17)29-12-2-11-28-18/h5-6,13-16H,2-4,7-12H2,1H3,(H,22,24). The second-order valence-corrected chi connectivity index (χ2v) is 10.1. The summed E-state index contributed by atoms with van der Waals surface area (Å²) in [6, 6.07) is 4.83. The molecule has 1 saturated carbocycles. The maximum absolute atomic E-state index is 13.1. The maximum atomic E-state index is 13.1. The lowest BCUT2D eigenvalue weighted by Gasteiger charge is -2.30. The number of carbonyl (C=O) groups is 2. The molecule has 1 unspecified atom stereocenters. The Morgan fingerprint density at radius 1 is 1.10 bits per heavy atom. The van der Waals surface area contributed by atoms with Crippen molar-refractivity contribution in [2.45, 2.75) is 56.1 Å². The fourth-order valence-electron chi connectivity index (χ4n) is 3.66. The molecule has 2 heterocycles. The molecule has 3 aliphatic rings. The van der Waals surface area contributed by atoms with E-state index in [1.165, 1.54) is 16.4 Å². The van der Waals surface area contributed by atoms with Crippen molar-refractivity contribution >= 4 is 21.9 Å². The van der Waals surface area contributed by atoms with Crippen molar-refractivity contribution in [3.8, 4) is 11.5 Å². The van der Waals surface area contributed by atoms with Gasteiger partial charge in [-0.2, -0.15) is 4.31 Å². The summed E-state index contributed by atoms with van der Waals surface area (Å²) in [6.07, 6.45) is 2.50. The van der Waals surface area contributed by atoms with Crippen LogP contribution in [0.4, 0.5) is 0 Å². The zero-order valence-electron chi connectivity index (χ0n) is 17.5. The molecule has 0 radical (unpaired) electrons. The zero-order chi connectivity index (χ0) is 22.0. The van der Waals surface area contributed by atoms with Gasteiger partial charge in [-0.05, 0) is 44.7 Å². The Hall–Kier alpha value is -2.33. The van der Waals surface area contributed by atoms with E-state index >= 15 is 0 Å². The largest absolute Gasteiger partial charge is 0.490 e. The van der Waals surface area contributed by atoms with Crippen LogP contribution in [0.5, 0.6) is 11.5 Å². The molecular weight excluding hydrogens is 424 g/mol. The molecule has 4 rings (SSSR count). The number of hydrogen-bond acceptors (Lipinski definition) is 7. The van der Waals surface area contributed by atoms with Gasteiger partial charge in [-0.3, -0.25) is 9.59 Å². The lowest BCUT2D eigenvalue weighted by atomic mass is 9.98. The van der Waals surface area contributed by atoms with Gasteiger partial charge in [0.2, 0.25) is 10.0 Å². The lowest BCUT2D eigenvalue weighted by molar-refractivity contribution is -0.159. The van der Waals surface area contributed by atoms with Gasteiger partial charge in [0.25, 0.3) is 5.91 Å². The third-order valence-electron chi connectivity index (χ3n) is 5.73. The van der Waals surface area contributed by atoms with E-state index in [1.807, 2.05) is 0 Å². The summed E-state index contributed by atoms with van der Waals surface area (Å²) in [5, 5.41) is 2.81. The summed E-state index contributed by atoms with van der Waals surface area (Å²) in [4.78, 5) is 24.6. The van der Waals surface area contributed by atoms with Gasteiger partial charge in [0.1, 0.15) is 0 Å². The van der Waals surface area contributed by atoms with Crippen LogP contribution in [0.1, 0.15) is 39.0 Å². The second kappa shape index (κ2) is 9.04. The highest BCUT2D eigenvalue weighted by atomic mass is 32.2. The fourth-order valence-corrected chi connectivity index (χ4v) is 5.14. The Labute approximate surface area is 182 Å². The average molecular weight is 453 g/mol. The topological polar surface area (TPSA) is 111 Å². The summed E-state index contributed by atoms with van der Waals surface area (Å²) in [6.45, 7) is 2.97. The molecule has 1 aromatic carbocycles. The van der Waals surface area contributed by atoms with Crippen LogP contribution in [-0.2, 0) is 24.3 Å². The number of amides is 1. The number of nitrogens with one attached hydrogen (secondary N) is 1. The first kappa shape index (κ1) is 21.9. The number of carbonyl (C=O) groups excluding carboxylic acids is 2. The van der Waals surface area contributed by atoms with Crippen LogP contribution in [0.25, 0.3) is 0 Å². The van der Waals surface area contributed by atoms with Crippen LogP contribution in [-0.4, -0.2) is 63.0 Å². The molecule has 0 aromatic heterocycles. The smallest absolute Gasteiger partial charge is 0.309 e. The number of piperidine rings is 1. The van der Waals surface area contributed by atoms with Crippen LogP contribution in [0.2, 0.25) is 0 Å². The molecule has 1 aliphatic carbocycles. The minimum atomic E-state index is -3.72. The van der Waals surface area contributed by atoms with Gasteiger partial charge in [-0.1, -0.05) is 0 Å². The van der Waals surface area contributed by atoms with Gasteiger partial charge < -0.3 is 19.5 Å². The van der Waals surface area contributed by atoms with E-state index in [9.17, 15) is 18.0 Å². The van der Waals surface area contributed by atoms with Crippen LogP contribution >= 0.6 is 0 Å². The zero-order valence-corrected chi connectivity index (χ0v) is 18.4. The number of esters is 1. The van der Waals surface area contributed by atoms with Gasteiger partial charge in [0, 0.05) is 31.6 Å². The van der Waals surface area contributed by atoms with Gasteiger partial charge >= 0.3 is 5.97 Å². The summed E-state index contributed by atoms with van der Waals surface area (Å²) in [5.74, 6) is -0.198. The molecule has 1 atom stereocenters. The Balaban J connectivity index is 1.33. The number of sulfonamides is 1. The molecule has 10 heteroatoms. The van der Waals surface area contributed by atoms with E-state index in [0.29, 0.717) is 37.6 Å².